The normalized spacial score (nSPS) is 11.8. The number of nitrogens with one attached hydrogen (secondary N) is 1. The first kappa shape index (κ1) is 13.0. The Kier molecular flexibility index (Phi) is 7.96. The summed E-state index contributed by atoms with van der Waals surface area (Å²) >= 11 is 0. The van der Waals surface area contributed by atoms with Gasteiger partial charge < -0.3 is 11.1 Å². The van der Waals surface area contributed by atoms with Crippen molar-refractivity contribution in [1.82, 2.24) is 5.32 Å². The minimum atomic E-state index is 0.0827. The van der Waals surface area contributed by atoms with Gasteiger partial charge in [0.15, 0.2) is 0 Å². The van der Waals surface area contributed by atoms with E-state index in [1.54, 1.807) is 0 Å². The van der Waals surface area contributed by atoms with Crippen molar-refractivity contribution < 1.29 is 4.79 Å². The molecule has 0 heterocycles. The summed E-state index contributed by atoms with van der Waals surface area (Å²) < 4.78 is 0. The van der Waals surface area contributed by atoms with E-state index in [2.05, 4.69) is 11.2 Å². The zero-order chi connectivity index (χ0) is 10.8. The second-order valence-electron chi connectivity index (χ2n) is 3.32. The summed E-state index contributed by atoms with van der Waals surface area (Å²) in [5.41, 5.74) is 5.47. The summed E-state index contributed by atoms with van der Waals surface area (Å²) in [4.78, 5) is 11.3. The highest BCUT2D eigenvalue weighted by Crippen LogP contribution is 1.99. The van der Waals surface area contributed by atoms with Crippen LogP contribution in [0.5, 0.6) is 0 Å². The molecule has 0 spiro atoms. The van der Waals surface area contributed by atoms with Gasteiger partial charge in [-0.3, -0.25) is 4.79 Å². The van der Waals surface area contributed by atoms with Crippen molar-refractivity contribution in [2.75, 3.05) is 6.54 Å². The number of nitrogens with two attached hydrogens (primary N) is 1. The Morgan fingerprint density at radius 1 is 1.57 bits per heavy atom. The van der Waals surface area contributed by atoms with Crippen LogP contribution >= 0.6 is 0 Å². The molecule has 0 aliphatic carbocycles. The molecular formula is C11H20N2O. The lowest BCUT2D eigenvalue weighted by Gasteiger charge is -2.14. The van der Waals surface area contributed by atoms with Crippen LogP contribution < -0.4 is 11.1 Å². The van der Waals surface area contributed by atoms with Crippen LogP contribution in [0.25, 0.3) is 0 Å². The Bertz CT molecular complexity index is 192. The zero-order valence-electron chi connectivity index (χ0n) is 8.88. The Labute approximate surface area is 86.4 Å². The van der Waals surface area contributed by atoms with E-state index in [4.69, 9.17) is 12.2 Å². The number of hydrogen-bond donors (Lipinski definition) is 2. The maximum absolute atomic E-state index is 11.3. The van der Waals surface area contributed by atoms with Crippen molar-refractivity contribution in [2.24, 2.45) is 5.73 Å². The standard InChI is InChI=1S/C11H20N2O/c1-3-5-6-7-8-11(14)13-10(4-2)9-12/h1,10H,4-9,12H2,2H3,(H,13,14). The molecule has 0 aromatic rings. The van der Waals surface area contributed by atoms with Crippen LogP contribution in [-0.2, 0) is 4.79 Å². The maximum Gasteiger partial charge on any atom is 0.220 e. The van der Waals surface area contributed by atoms with Gasteiger partial charge in [-0.15, -0.1) is 12.3 Å². The van der Waals surface area contributed by atoms with Crippen LogP contribution in [0.15, 0.2) is 0 Å². The molecule has 0 aliphatic rings. The van der Waals surface area contributed by atoms with Crippen LogP contribution in [-0.4, -0.2) is 18.5 Å². The number of carbonyl (C=O) groups is 1. The highest BCUT2D eigenvalue weighted by Gasteiger charge is 2.07. The molecule has 0 saturated carbocycles. The molecule has 0 bridgehead atoms. The van der Waals surface area contributed by atoms with E-state index in [1.165, 1.54) is 0 Å². The lowest BCUT2D eigenvalue weighted by molar-refractivity contribution is -0.121. The first-order chi connectivity index (χ1) is 6.74. The van der Waals surface area contributed by atoms with Gasteiger partial charge in [0.25, 0.3) is 0 Å². The van der Waals surface area contributed by atoms with Gasteiger partial charge in [0.05, 0.1) is 0 Å². The molecule has 1 atom stereocenters. The van der Waals surface area contributed by atoms with Gasteiger partial charge in [0.1, 0.15) is 0 Å². The highest BCUT2D eigenvalue weighted by atomic mass is 16.1. The zero-order valence-corrected chi connectivity index (χ0v) is 8.88. The topological polar surface area (TPSA) is 55.1 Å². The SMILES string of the molecule is C#CCCCCC(=O)NC(CC)CN. The molecule has 0 aromatic carbocycles. The molecule has 0 radical (unpaired) electrons. The fraction of sp³-hybridized carbons (Fsp3) is 0.727. The quantitative estimate of drug-likeness (QED) is 0.472. The number of carbonyl (C=O) groups excluding carboxylic acids is 1. The predicted molar refractivity (Wildman–Crippen MR) is 58.6 cm³/mol. The minimum Gasteiger partial charge on any atom is -0.352 e. The van der Waals surface area contributed by atoms with Gasteiger partial charge in [0, 0.05) is 25.4 Å². The second kappa shape index (κ2) is 8.58. The third-order valence-corrected chi connectivity index (χ3v) is 2.12. The molecule has 3 nitrogen and oxygen atoms in total. The number of rotatable bonds is 7. The second-order valence-corrected chi connectivity index (χ2v) is 3.32. The van der Waals surface area contributed by atoms with Gasteiger partial charge in [-0.05, 0) is 19.3 Å². The molecule has 0 fully saturated rings. The number of terminal acetylenes is 1. The van der Waals surface area contributed by atoms with E-state index in [1.807, 2.05) is 6.92 Å². The molecule has 0 aliphatic heterocycles. The van der Waals surface area contributed by atoms with Crippen LogP contribution in [0.3, 0.4) is 0 Å². The van der Waals surface area contributed by atoms with Crippen molar-refractivity contribution in [3.05, 3.63) is 0 Å². The van der Waals surface area contributed by atoms with Crippen molar-refractivity contribution in [3.63, 3.8) is 0 Å². The molecule has 0 saturated heterocycles. The molecular weight excluding hydrogens is 176 g/mol. The molecule has 0 aromatic heterocycles. The Hall–Kier alpha value is -1.01. The molecule has 1 amide bonds. The van der Waals surface area contributed by atoms with E-state index in [0.29, 0.717) is 13.0 Å². The summed E-state index contributed by atoms with van der Waals surface area (Å²) in [6.45, 7) is 2.52. The Balaban J connectivity index is 3.50. The van der Waals surface area contributed by atoms with E-state index in [0.717, 1.165) is 25.7 Å². The largest absolute Gasteiger partial charge is 0.352 e. The summed E-state index contributed by atoms with van der Waals surface area (Å²) in [5.74, 6) is 2.64. The number of unbranched alkanes of at least 4 members (excludes halogenated alkanes) is 2. The van der Waals surface area contributed by atoms with Crippen LogP contribution in [0.4, 0.5) is 0 Å². The van der Waals surface area contributed by atoms with Crippen molar-refractivity contribution in [1.29, 1.82) is 0 Å². The van der Waals surface area contributed by atoms with Crippen LogP contribution in [0, 0.1) is 12.3 Å². The smallest absolute Gasteiger partial charge is 0.220 e. The van der Waals surface area contributed by atoms with Gasteiger partial charge >= 0.3 is 0 Å². The third-order valence-electron chi connectivity index (χ3n) is 2.12. The van der Waals surface area contributed by atoms with Crippen molar-refractivity contribution >= 4 is 5.91 Å². The number of hydrogen-bond acceptors (Lipinski definition) is 2. The highest BCUT2D eigenvalue weighted by molar-refractivity contribution is 5.76. The third kappa shape index (κ3) is 6.50. The molecule has 80 valence electrons. The lowest BCUT2D eigenvalue weighted by Crippen LogP contribution is -2.39. The summed E-state index contributed by atoms with van der Waals surface area (Å²) in [6.07, 6.45) is 9.07. The first-order valence-corrected chi connectivity index (χ1v) is 5.17. The van der Waals surface area contributed by atoms with Crippen molar-refractivity contribution in [2.45, 2.75) is 45.1 Å². The van der Waals surface area contributed by atoms with Gasteiger partial charge in [-0.2, -0.15) is 0 Å². The fourth-order valence-electron chi connectivity index (χ4n) is 1.14. The molecule has 1 unspecified atom stereocenters. The molecule has 14 heavy (non-hydrogen) atoms. The summed E-state index contributed by atoms with van der Waals surface area (Å²) in [6, 6.07) is 0.120. The van der Waals surface area contributed by atoms with E-state index in [9.17, 15) is 4.79 Å². The van der Waals surface area contributed by atoms with E-state index < -0.39 is 0 Å². The average Bonchev–Trinajstić information content (AvgIpc) is 2.21. The monoisotopic (exact) mass is 196 g/mol. The summed E-state index contributed by atoms with van der Waals surface area (Å²) in [5, 5.41) is 2.88. The van der Waals surface area contributed by atoms with Gasteiger partial charge in [-0.1, -0.05) is 6.92 Å². The van der Waals surface area contributed by atoms with Crippen molar-refractivity contribution in [3.8, 4) is 12.3 Å². The maximum atomic E-state index is 11.3. The Morgan fingerprint density at radius 2 is 2.29 bits per heavy atom. The number of amides is 1. The van der Waals surface area contributed by atoms with Crippen LogP contribution in [0.2, 0.25) is 0 Å². The predicted octanol–water partition coefficient (Wildman–Crippen LogP) is 1.03. The molecule has 3 heteroatoms. The van der Waals surface area contributed by atoms with E-state index >= 15 is 0 Å². The first-order valence-electron chi connectivity index (χ1n) is 5.17. The lowest BCUT2D eigenvalue weighted by atomic mass is 10.1. The summed E-state index contributed by atoms with van der Waals surface area (Å²) in [7, 11) is 0. The minimum absolute atomic E-state index is 0.0827. The van der Waals surface area contributed by atoms with Gasteiger partial charge in [0.2, 0.25) is 5.91 Å². The molecule has 0 rings (SSSR count). The van der Waals surface area contributed by atoms with Gasteiger partial charge in [-0.25, -0.2) is 0 Å². The Morgan fingerprint density at radius 3 is 2.79 bits per heavy atom. The average molecular weight is 196 g/mol. The van der Waals surface area contributed by atoms with Crippen LogP contribution in [0.1, 0.15) is 39.0 Å². The molecule has 3 N–H and O–H groups in total. The van der Waals surface area contributed by atoms with E-state index in [-0.39, 0.29) is 11.9 Å². The fourth-order valence-corrected chi connectivity index (χ4v) is 1.14.